The summed E-state index contributed by atoms with van der Waals surface area (Å²) in [6.45, 7) is 0. The molecule has 1 heterocycles. The Morgan fingerprint density at radius 2 is 1.83 bits per heavy atom. The van der Waals surface area contributed by atoms with E-state index in [1.807, 2.05) is 0 Å². The van der Waals surface area contributed by atoms with Gasteiger partial charge in [0.2, 0.25) is 0 Å². The molecule has 23 heavy (non-hydrogen) atoms. The SMILES string of the molecule is O=c1ccc2cc(NS(=O)(=O)c3ccc(F)c(Cl)c3)ccc2o1. The van der Waals surface area contributed by atoms with Gasteiger partial charge in [0.05, 0.1) is 9.92 Å². The molecule has 5 nitrogen and oxygen atoms in total. The molecule has 0 fully saturated rings. The van der Waals surface area contributed by atoms with Crippen LogP contribution in [0.25, 0.3) is 11.0 Å². The van der Waals surface area contributed by atoms with Crippen LogP contribution in [0.4, 0.5) is 10.1 Å². The van der Waals surface area contributed by atoms with Crippen LogP contribution in [0.2, 0.25) is 5.02 Å². The predicted molar refractivity (Wildman–Crippen MR) is 84.7 cm³/mol. The van der Waals surface area contributed by atoms with Crippen molar-refractivity contribution in [3.05, 3.63) is 69.8 Å². The molecule has 0 saturated carbocycles. The van der Waals surface area contributed by atoms with Crippen LogP contribution < -0.4 is 10.3 Å². The van der Waals surface area contributed by atoms with Gasteiger partial charge in [0, 0.05) is 17.1 Å². The summed E-state index contributed by atoms with van der Waals surface area (Å²) in [7, 11) is -3.92. The minimum absolute atomic E-state index is 0.163. The number of fused-ring (bicyclic) bond motifs is 1. The minimum atomic E-state index is -3.92. The third-order valence-electron chi connectivity index (χ3n) is 3.07. The van der Waals surface area contributed by atoms with Crippen LogP contribution in [0, 0.1) is 5.82 Å². The second-order valence-electron chi connectivity index (χ2n) is 4.69. The molecule has 0 aliphatic rings. The van der Waals surface area contributed by atoms with Gasteiger partial charge in [-0.05, 0) is 42.5 Å². The lowest BCUT2D eigenvalue weighted by atomic mass is 10.2. The molecule has 3 aromatic rings. The summed E-state index contributed by atoms with van der Waals surface area (Å²) in [5.41, 5.74) is 0.115. The first kappa shape index (κ1) is 15.5. The highest BCUT2D eigenvalue weighted by Crippen LogP contribution is 2.23. The monoisotopic (exact) mass is 353 g/mol. The number of hydrogen-bond acceptors (Lipinski definition) is 4. The van der Waals surface area contributed by atoms with E-state index in [0.717, 1.165) is 18.2 Å². The van der Waals surface area contributed by atoms with E-state index in [0.29, 0.717) is 11.0 Å². The maximum atomic E-state index is 13.1. The summed E-state index contributed by atoms with van der Waals surface area (Å²) in [5.74, 6) is -0.702. The van der Waals surface area contributed by atoms with Crippen LogP contribution in [0.3, 0.4) is 0 Å². The van der Waals surface area contributed by atoms with Crippen molar-refractivity contribution in [2.24, 2.45) is 0 Å². The number of benzene rings is 2. The van der Waals surface area contributed by atoms with Gasteiger partial charge >= 0.3 is 5.63 Å². The Morgan fingerprint density at radius 3 is 2.57 bits per heavy atom. The summed E-state index contributed by atoms with van der Waals surface area (Å²) < 4.78 is 45.0. The van der Waals surface area contributed by atoms with E-state index in [-0.39, 0.29) is 15.6 Å². The molecule has 1 N–H and O–H groups in total. The Hall–Kier alpha value is -2.38. The molecule has 0 saturated heterocycles. The Morgan fingerprint density at radius 1 is 1.04 bits per heavy atom. The van der Waals surface area contributed by atoms with E-state index >= 15 is 0 Å². The summed E-state index contributed by atoms with van der Waals surface area (Å²) in [5, 5.41) is 0.273. The Bertz CT molecular complexity index is 1060. The lowest BCUT2D eigenvalue weighted by molar-refractivity contribution is 0.561. The van der Waals surface area contributed by atoms with Crippen molar-refractivity contribution < 1.29 is 17.2 Å². The van der Waals surface area contributed by atoms with Gasteiger partial charge in [-0.2, -0.15) is 0 Å². The molecular weight excluding hydrogens is 345 g/mol. The van der Waals surface area contributed by atoms with Crippen LogP contribution in [-0.4, -0.2) is 8.42 Å². The van der Waals surface area contributed by atoms with Crippen LogP contribution >= 0.6 is 11.6 Å². The molecule has 0 atom stereocenters. The van der Waals surface area contributed by atoms with E-state index in [1.165, 1.54) is 30.3 Å². The first-order valence-corrected chi connectivity index (χ1v) is 8.23. The fourth-order valence-electron chi connectivity index (χ4n) is 1.99. The van der Waals surface area contributed by atoms with Gasteiger partial charge in [-0.25, -0.2) is 17.6 Å². The van der Waals surface area contributed by atoms with Crippen LogP contribution in [0.5, 0.6) is 0 Å². The predicted octanol–water partition coefficient (Wildman–Crippen LogP) is 3.39. The Kier molecular flexibility index (Phi) is 3.83. The van der Waals surface area contributed by atoms with Gasteiger partial charge in [-0.15, -0.1) is 0 Å². The smallest absolute Gasteiger partial charge is 0.336 e. The molecule has 8 heteroatoms. The molecule has 2 aromatic carbocycles. The number of halogens is 2. The first-order chi connectivity index (χ1) is 10.8. The van der Waals surface area contributed by atoms with Gasteiger partial charge in [-0.3, -0.25) is 4.72 Å². The highest BCUT2D eigenvalue weighted by molar-refractivity contribution is 7.92. The second kappa shape index (κ2) is 5.68. The van der Waals surface area contributed by atoms with Crippen molar-refractivity contribution in [3.8, 4) is 0 Å². The van der Waals surface area contributed by atoms with Crippen molar-refractivity contribution in [2.75, 3.05) is 4.72 Å². The number of nitrogens with one attached hydrogen (secondary N) is 1. The number of hydrogen-bond donors (Lipinski definition) is 1. The van der Waals surface area contributed by atoms with Crippen molar-refractivity contribution >= 4 is 38.3 Å². The molecule has 0 amide bonds. The van der Waals surface area contributed by atoms with E-state index in [4.69, 9.17) is 16.0 Å². The zero-order chi connectivity index (χ0) is 16.6. The standard InChI is InChI=1S/C15H9ClFNO4S/c16-12-8-11(3-4-13(12)17)23(20,21)18-10-2-5-14-9(7-10)1-6-15(19)22-14/h1-8,18H. The fraction of sp³-hybridized carbons (Fsp3) is 0. The molecule has 0 aliphatic heterocycles. The van der Waals surface area contributed by atoms with Gasteiger partial charge in [0.15, 0.2) is 0 Å². The van der Waals surface area contributed by atoms with Crippen molar-refractivity contribution in [2.45, 2.75) is 4.90 Å². The first-order valence-electron chi connectivity index (χ1n) is 6.37. The topological polar surface area (TPSA) is 76.4 Å². The second-order valence-corrected chi connectivity index (χ2v) is 6.78. The average Bonchev–Trinajstić information content (AvgIpc) is 2.49. The molecule has 0 radical (unpaired) electrons. The summed E-state index contributed by atoms with van der Waals surface area (Å²) >= 11 is 5.61. The van der Waals surface area contributed by atoms with Crippen LogP contribution in [0.15, 0.2) is 62.6 Å². The van der Waals surface area contributed by atoms with Crippen molar-refractivity contribution in [1.29, 1.82) is 0 Å². The zero-order valence-electron chi connectivity index (χ0n) is 11.4. The summed E-state index contributed by atoms with van der Waals surface area (Å²) in [6.07, 6.45) is 0. The maximum absolute atomic E-state index is 13.1. The quantitative estimate of drug-likeness (QED) is 0.732. The van der Waals surface area contributed by atoms with E-state index in [9.17, 15) is 17.6 Å². The number of sulfonamides is 1. The van der Waals surface area contributed by atoms with E-state index in [1.54, 1.807) is 0 Å². The molecule has 118 valence electrons. The largest absolute Gasteiger partial charge is 0.423 e. The highest BCUT2D eigenvalue weighted by Gasteiger charge is 2.16. The van der Waals surface area contributed by atoms with Gasteiger partial charge in [0.25, 0.3) is 10.0 Å². The molecule has 0 spiro atoms. The Balaban J connectivity index is 1.98. The fourth-order valence-corrected chi connectivity index (χ4v) is 3.31. The minimum Gasteiger partial charge on any atom is -0.423 e. The van der Waals surface area contributed by atoms with E-state index < -0.39 is 21.5 Å². The van der Waals surface area contributed by atoms with Crippen LogP contribution in [0.1, 0.15) is 0 Å². The third-order valence-corrected chi connectivity index (χ3v) is 4.74. The third kappa shape index (κ3) is 3.20. The zero-order valence-corrected chi connectivity index (χ0v) is 13.0. The van der Waals surface area contributed by atoms with Gasteiger partial charge < -0.3 is 4.42 Å². The summed E-state index contributed by atoms with van der Waals surface area (Å²) in [4.78, 5) is 11.0. The lowest BCUT2D eigenvalue weighted by Crippen LogP contribution is -2.13. The number of anilines is 1. The average molecular weight is 354 g/mol. The molecule has 0 bridgehead atoms. The van der Waals surface area contributed by atoms with Gasteiger partial charge in [-0.1, -0.05) is 11.6 Å². The Labute approximate surface area is 135 Å². The molecule has 1 aromatic heterocycles. The van der Waals surface area contributed by atoms with Crippen molar-refractivity contribution in [1.82, 2.24) is 0 Å². The van der Waals surface area contributed by atoms with Gasteiger partial charge in [0.1, 0.15) is 11.4 Å². The maximum Gasteiger partial charge on any atom is 0.336 e. The number of rotatable bonds is 3. The lowest BCUT2D eigenvalue weighted by Gasteiger charge is -2.09. The van der Waals surface area contributed by atoms with Crippen molar-refractivity contribution in [3.63, 3.8) is 0 Å². The molecule has 3 rings (SSSR count). The van der Waals surface area contributed by atoms with E-state index in [2.05, 4.69) is 4.72 Å². The van der Waals surface area contributed by atoms with Crippen LogP contribution in [-0.2, 0) is 10.0 Å². The molecular formula is C15H9ClFNO4S. The molecule has 0 unspecified atom stereocenters. The highest BCUT2D eigenvalue weighted by atomic mass is 35.5. The normalized spacial score (nSPS) is 11.6. The summed E-state index contributed by atoms with van der Waals surface area (Å²) in [6, 6.07) is 10.3. The molecule has 0 aliphatic carbocycles.